The van der Waals surface area contributed by atoms with E-state index in [-0.39, 0.29) is 6.61 Å². The standard InChI is InChI=1S/C16H13ClN2O/c1-10-7-15(14-6-5-12(17)8-18-14)19-16-11(9-20)3-2-4-13(10)16/h2-8,20H,9H2,1H3. The highest BCUT2D eigenvalue weighted by molar-refractivity contribution is 6.30. The molecule has 20 heavy (non-hydrogen) atoms. The molecule has 0 aliphatic heterocycles. The number of nitrogens with zero attached hydrogens (tertiary/aromatic N) is 2. The van der Waals surface area contributed by atoms with Crippen molar-refractivity contribution in [3.8, 4) is 11.4 Å². The smallest absolute Gasteiger partial charge is 0.0896 e. The topological polar surface area (TPSA) is 46.0 Å². The molecule has 0 aliphatic carbocycles. The predicted molar refractivity (Wildman–Crippen MR) is 80.6 cm³/mol. The molecule has 0 atom stereocenters. The van der Waals surface area contributed by atoms with Crippen LogP contribution in [0, 0.1) is 6.92 Å². The van der Waals surface area contributed by atoms with Crippen molar-refractivity contribution in [1.29, 1.82) is 0 Å². The summed E-state index contributed by atoms with van der Waals surface area (Å²) >= 11 is 5.86. The molecule has 1 aromatic carbocycles. The maximum atomic E-state index is 9.45. The number of hydrogen-bond acceptors (Lipinski definition) is 3. The summed E-state index contributed by atoms with van der Waals surface area (Å²) in [5.74, 6) is 0. The van der Waals surface area contributed by atoms with Gasteiger partial charge in [0.25, 0.3) is 0 Å². The molecule has 0 bridgehead atoms. The van der Waals surface area contributed by atoms with Gasteiger partial charge in [-0.15, -0.1) is 0 Å². The van der Waals surface area contributed by atoms with Gasteiger partial charge in [0.05, 0.1) is 28.5 Å². The zero-order valence-corrected chi connectivity index (χ0v) is 11.7. The number of benzene rings is 1. The van der Waals surface area contributed by atoms with E-state index in [1.54, 1.807) is 12.3 Å². The van der Waals surface area contributed by atoms with Crippen molar-refractivity contribution < 1.29 is 5.11 Å². The van der Waals surface area contributed by atoms with E-state index in [2.05, 4.69) is 9.97 Å². The Kier molecular flexibility index (Phi) is 3.38. The molecule has 4 heteroatoms. The van der Waals surface area contributed by atoms with Gasteiger partial charge in [-0.25, -0.2) is 4.98 Å². The lowest BCUT2D eigenvalue weighted by Gasteiger charge is -2.09. The lowest BCUT2D eigenvalue weighted by atomic mass is 10.0. The first-order chi connectivity index (χ1) is 9.69. The molecule has 0 radical (unpaired) electrons. The Morgan fingerprint density at radius 1 is 1.15 bits per heavy atom. The Labute approximate surface area is 121 Å². The number of aromatic nitrogens is 2. The van der Waals surface area contributed by atoms with Crippen molar-refractivity contribution in [2.75, 3.05) is 0 Å². The molecule has 0 fully saturated rings. The number of pyridine rings is 2. The minimum absolute atomic E-state index is 0.0265. The number of fused-ring (bicyclic) bond motifs is 1. The molecule has 0 saturated heterocycles. The molecule has 2 aromatic heterocycles. The zero-order valence-electron chi connectivity index (χ0n) is 11.0. The van der Waals surface area contributed by atoms with E-state index in [1.165, 1.54) is 0 Å². The van der Waals surface area contributed by atoms with Gasteiger partial charge in [-0.1, -0.05) is 29.8 Å². The quantitative estimate of drug-likeness (QED) is 0.779. The number of halogens is 1. The second-order valence-corrected chi connectivity index (χ2v) is 5.09. The Morgan fingerprint density at radius 2 is 2.00 bits per heavy atom. The van der Waals surface area contributed by atoms with Crippen molar-refractivity contribution in [3.05, 3.63) is 58.7 Å². The van der Waals surface area contributed by atoms with Crippen molar-refractivity contribution in [3.63, 3.8) is 0 Å². The molecule has 0 spiro atoms. The minimum atomic E-state index is -0.0265. The van der Waals surface area contributed by atoms with Gasteiger partial charge in [0, 0.05) is 17.1 Å². The van der Waals surface area contributed by atoms with Crippen LogP contribution in [0.3, 0.4) is 0 Å². The van der Waals surface area contributed by atoms with Crippen molar-refractivity contribution in [1.82, 2.24) is 9.97 Å². The van der Waals surface area contributed by atoms with Crippen LogP contribution in [0.15, 0.2) is 42.6 Å². The fraction of sp³-hybridized carbons (Fsp3) is 0.125. The first-order valence-electron chi connectivity index (χ1n) is 6.31. The van der Waals surface area contributed by atoms with Gasteiger partial charge in [0.15, 0.2) is 0 Å². The third kappa shape index (κ3) is 2.26. The summed E-state index contributed by atoms with van der Waals surface area (Å²) in [4.78, 5) is 8.94. The molecule has 0 unspecified atom stereocenters. The Hall–Kier alpha value is -1.97. The van der Waals surface area contributed by atoms with Crippen molar-refractivity contribution in [2.24, 2.45) is 0 Å². The molecule has 2 heterocycles. The normalized spacial score (nSPS) is 10.9. The van der Waals surface area contributed by atoms with Crippen LogP contribution >= 0.6 is 11.6 Å². The average molecular weight is 285 g/mol. The molecular formula is C16H13ClN2O. The first-order valence-corrected chi connectivity index (χ1v) is 6.69. The van der Waals surface area contributed by atoms with Crippen LogP contribution in [-0.2, 0) is 6.61 Å². The third-order valence-corrected chi connectivity index (χ3v) is 3.51. The highest BCUT2D eigenvalue weighted by Crippen LogP contribution is 2.26. The third-order valence-electron chi connectivity index (χ3n) is 3.29. The largest absolute Gasteiger partial charge is 0.392 e. The Balaban J connectivity index is 2.25. The van der Waals surface area contributed by atoms with Gasteiger partial charge < -0.3 is 5.11 Å². The number of rotatable bonds is 2. The number of aliphatic hydroxyl groups excluding tert-OH is 1. The molecule has 100 valence electrons. The number of aliphatic hydroxyl groups is 1. The maximum Gasteiger partial charge on any atom is 0.0896 e. The number of aryl methyl sites for hydroxylation is 1. The predicted octanol–water partition coefficient (Wildman–Crippen LogP) is 3.75. The van der Waals surface area contributed by atoms with E-state index in [1.807, 2.05) is 37.3 Å². The van der Waals surface area contributed by atoms with Crippen LogP contribution in [0.1, 0.15) is 11.1 Å². The van der Waals surface area contributed by atoms with Gasteiger partial charge in [0.2, 0.25) is 0 Å². The molecule has 1 N–H and O–H groups in total. The van der Waals surface area contributed by atoms with Crippen molar-refractivity contribution >= 4 is 22.5 Å². The zero-order chi connectivity index (χ0) is 14.1. The maximum absolute atomic E-state index is 9.45. The number of para-hydroxylation sites is 1. The lowest BCUT2D eigenvalue weighted by molar-refractivity contribution is 0.283. The monoisotopic (exact) mass is 284 g/mol. The van der Waals surface area contributed by atoms with E-state index >= 15 is 0 Å². The molecule has 3 rings (SSSR count). The van der Waals surface area contributed by atoms with E-state index in [0.29, 0.717) is 5.02 Å². The highest BCUT2D eigenvalue weighted by atomic mass is 35.5. The fourth-order valence-corrected chi connectivity index (χ4v) is 2.38. The van der Waals surface area contributed by atoms with Gasteiger partial charge in [-0.3, -0.25) is 4.98 Å². The van der Waals surface area contributed by atoms with Gasteiger partial charge in [-0.05, 0) is 30.7 Å². The van der Waals surface area contributed by atoms with E-state index in [9.17, 15) is 5.11 Å². The molecular weight excluding hydrogens is 272 g/mol. The minimum Gasteiger partial charge on any atom is -0.392 e. The second kappa shape index (κ2) is 5.19. The van der Waals surface area contributed by atoms with Crippen LogP contribution in [0.25, 0.3) is 22.3 Å². The van der Waals surface area contributed by atoms with Gasteiger partial charge in [0.1, 0.15) is 0 Å². The summed E-state index contributed by atoms with van der Waals surface area (Å²) in [6.07, 6.45) is 1.61. The van der Waals surface area contributed by atoms with Crippen LogP contribution in [0.5, 0.6) is 0 Å². The Morgan fingerprint density at radius 3 is 2.70 bits per heavy atom. The summed E-state index contributed by atoms with van der Waals surface area (Å²) in [6.45, 7) is 2.01. The van der Waals surface area contributed by atoms with Crippen molar-refractivity contribution in [2.45, 2.75) is 13.5 Å². The van der Waals surface area contributed by atoms with Crippen LogP contribution in [0.2, 0.25) is 5.02 Å². The molecule has 3 aromatic rings. The van der Waals surface area contributed by atoms with Gasteiger partial charge in [-0.2, -0.15) is 0 Å². The summed E-state index contributed by atoms with van der Waals surface area (Å²) in [5, 5.41) is 11.1. The van der Waals surface area contributed by atoms with Crippen LogP contribution in [-0.4, -0.2) is 15.1 Å². The van der Waals surface area contributed by atoms with E-state index in [0.717, 1.165) is 33.4 Å². The summed E-state index contributed by atoms with van der Waals surface area (Å²) in [6, 6.07) is 11.5. The molecule has 0 amide bonds. The summed E-state index contributed by atoms with van der Waals surface area (Å²) in [5.41, 5.74) is 4.31. The fourth-order valence-electron chi connectivity index (χ4n) is 2.26. The highest BCUT2D eigenvalue weighted by Gasteiger charge is 2.08. The van der Waals surface area contributed by atoms with Gasteiger partial charge >= 0.3 is 0 Å². The Bertz CT molecular complexity index is 769. The SMILES string of the molecule is Cc1cc(-c2ccc(Cl)cn2)nc2c(CO)cccc12. The number of hydrogen-bond donors (Lipinski definition) is 1. The van der Waals surface area contributed by atoms with E-state index < -0.39 is 0 Å². The summed E-state index contributed by atoms with van der Waals surface area (Å²) in [7, 11) is 0. The first kappa shape index (κ1) is 13.0. The van der Waals surface area contributed by atoms with Crippen LogP contribution < -0.4 is 0 Å². The molecule has 3 nitrogen and oxygen atoms in total. The van der Waals surface area contributed by atoms with Crippen LogP contribution in [0.4, 0.5) is 0 Å². The lowest BCUT2D eigenvalue weighted by Crippen LogP contribution is -1.94. The molecule has 0 saturated carbocycles. The average Bonchev–Trinajstić information content (AvgIpc) is 2.47. The summed E-state index contributed by atoms with van der Waals surface area (Å²) < 4.78 is 0. The van der Waals surface area contributed by atoms with E-state index in [4.69, 9.17) is 11.6 Å². The second-order valence-electron chi connectivity index (χ2n) is 4.66. The molecule has 0 aliphatic rings.